The van der Waals surface area contributed by atoms with E-state index < -0.39 is 0 Å². The standard InChI is InChI=1S/C19H21ClN2/c1-2-22-13-15(17-8-4-6-10-19(17)22)11-14(12-21)16-7-3-5-9-18(16)20/h3-10,13-14H,2,11-12,21H2,1H3. The van der Waals surface area contributed by atoms with Gasteiger partial charge in [-0.05, 0) is 43.1 Å². The largest absolute Gasteiger partial charge is 0.347 e. The van der Waals surface area contributed by atoms with E-state index in [-0.39, 0.29) is 5.92 Å². The van der Waals surface area contributed by atoms with E-state index in [0.29, 0.717) is 6.54 Å². The fourth-order valence-corrected chi connectivity index (χ4v) is 3.43. The van der Waals surface area contributed by atoms with E-state index >= 15 is 0 Å². The van der Waals surface area contributed by atoms with Gasteiger partial charge in [-0.2, -0.15) is 0 Å². The van der Waals surface area contributed by atoms with Crippen molar-refractivity contribution in [1.82, 2.24) is 4.57 Å². The van der Waals surface area contributed by atoms with Crippen molar-refractivity contribution in [3.8, 4) is 0 Å². The number of aromatic nitrogens is 1. The lowest BCUT2D eigenvalue weighted by atomic mass is 9.92. The molecule has 2 N–H and O–H groups in total. The molecular weight excluding hydrogens is 292 g/mol. The van der Waals surface area contributed by atoms with Crippen molar-refractivity contribution in [1.29, 1.82) is 0 Å². The number of para-hydroxylation sites is 1. The van der Waals surface area contributed by atoms with Crippen molar-refractivity contribution in [2.24, 2.45) is 5.73 Å². The van der Waals surface area contributed by atoms with Gasteiger partial charge >= 0.3 is 0 Å². The van der Waals surface area contributed by atoms with Gasteiger partial charge in [0, 0.05) is 34.6 Å². The number of benzene rings is 2. The van der Waals surface area contributed by atoms with Gasteiger partial charge in [0.25, 0.3) is 0 Å². The van der Waals surface area contributed by atoms with Crippen LogP contribution in [0.3, 0.4) is 0 Å². The summed E-state index contributed by atoms with van der Waals surface area (Å²) in [5.74, 6) is 0.241. The average molecular weight is 313 g/mol. The minimum atomic E-state index is 0.241. The highest BCUT2D eigenvalue weighted by Gasteiger charge is 2.16. The molecule has 22 heavy (non-hydrogen) atoms. The summed E-state index contributed by atoms with van der Waals surface area (Å²) < 4.78 is 2.30. The molecule has 3 heteroatoms. The lowest BCUT2D eigenvalue weighted by molar-refractivity contribution is 0.692. The molecule has 3 aromatic rings. The Kier molecular flexibility index (Phi) is 4.51. The molecule has 0 fully saturated rings. The molecule has 0 aliphatic carbocycles. The molecule has 0 aliphatic heterocycles. The molecule has 1 unspecified atom stereocenters. The number of nitrogens with zero attached hydrogens (tertiary/aromatic N) is 1. The van der Waals surface area contributed by atoms with E-state index in [9.17, 15) is 0 Å². The molecule has 0 aliphatic rings. The van der Waals surface area contributed by atoms with E-state index in [0.717, 1.165) is 23.6 Å². The first-order chi connectivity index (χ1) is 10.7. The summed E-state index contributed by atoms with van der Waals surface area (Å²) in [6.45, 7) is 3.74. The van der Waals surface area contributed by atoms with Gasteiger partial charge < -0.3 is 10.3 Å². The molecule has 2 nitrogen and oxygen atoms in total. The molecule has 0 saturated carbocycles. The van der Waals surface area contributed by atoms with Crippen molar-refractivity contribution in [2.45, 2.75) is 25.8 Å². The molecule has 0 radical (unpaired) electrons. The van der Waals surface area contributed by atoms with Gasteiger partial charge in [-0.3, -0.25) is 0 Å². The number of aryl methyl sites for hydroxylation is 1. The van der Waals surface area contributed by atoms with Crippen LogP contribution in [0.5, 0.6) is 0 Å². The minimum Gasteiger partial charge on any atom is -0.347 e. The molecule has 2 aromatic carbocycles. The Hall–Kier alpha value is -1.77. The summed E-state index contributed by atoms with van der Waals surface area (Å²) in [6, 6.07) is 16.6. The molecule has 1 heterocycles. The van der Waals surface area contributed by atoms with E-state index in [1.165, 1.54) is 16.5 Å². The van der Waals surface area contributed by atoms with Gasteiger partial charge in [0.2, 0.25) is 0 Å². The summed E-state index contributed by atoms with van der Waals surface area (Å²) in [5, 5.41) is 2.12. The zero-order chi connectivity index (χ0) is 15.5. The smallest absolute Gasteiger partial charge is 0.0483 e. The van der Waals surface area contributed by atoms with Crippen LogP contribution in [0.1, 0.15) is 24.0 Å². The number of hydrogen-bond donors (Lipinski definition) is 1. The first kappa shape index (κ1) is 15.1. The van der Waals surface area contributed by atoms with Gasteiger partial charge in [-0.25, -0.2) is 0 Å². The number of halogens is 1. The molecular formula is C19H21ClN2. The van der Waals surface area contributed by atoms with Gasteiger partial charge in [0.1, 0.15) is 0 Å². The highest BCUT2D eigenvalue weighted by Crippen LogP contribution is 2.30. The first-order valence-electron chi connectivity index (χ1n) is 7.75. The number of fused-ring (bicyclic) bond motifs is 1. The van der Waals surface area contributed by atoms with Crippen LogP contribution in [0.4, 0.5) is 0 Å². The number of nitrogens with two attached hydrogens (primary N) is 1. The van der Waals surface area contributed by atoms with E-state index in [4.69, 9.17) is 17.3 Å². The minimum absolute atomic E-state index is 0.241. The summed E-state index contributed by atoms with van der Waals surface area (Å²) in [5.41, 5.74) is 9.81. The monoisotopic (exact) mass is 312 g/mol. The van der Waals surface area contributed by atoms with Crippen LogP contribution >= 0.6 is 11.6 Å². The number of rotatable bonds is 5. The molecule has 0 saturated heterocycles. The van der Waals surface area contributed by atoms with Crippen LogP contribution < -0.4 is 5.73 Å². The molecule has 0 bridgehead atoms. The van der Waals surface area contributed by atoms with Gasteiger partial charge in [-0.15, -0.1) is 0 Å². The Balaban J connectivity index is 2.00. The summed E-state index contributed by atoms with van der Waals surface area (Å²) in [6.07, 6.45) is 3.16. The fraction of sp³-hybridized carbons (Fsp3) is 0.263. The SMILES string of the molecule is CCn1cc(CC(CN)c2ccccc2Cl)c2ccccc21. The van der Waals surface area contributed by atoms with Crippen molar-refractivity contribution < 1.29 is 0 Å². The van der Waals surface area contributed by atoms with Crippen molar-refractivity contribution in [3.05, 3.63) is 70.9 Å². The van der Waals surface area contributed by atoms with Crippen LogP contribution in [0.15, 0.2) is 54.7 Å². The van der Waals surface area contributed by atoms with Crippen LogP contribution in [0.2, 0.25) is 5.02 Å². The fourth-order valence-electron chi connectivity index (χ4n) is 3.14. The quantitative estimate of drug-likeness (QED) is 0.733. The van der Waals surface area contributed by atoms with E-state index in [1.807, 2.05) is 18.2 Å². The highest BCUT2D eigenvalue weighted by molar-refractivity contribution is 6.31. The lowest BCUT2D eigenvalue weighted by Gasteiger charge is -2.16. The maximum atomic E-state index is 6.35. The Bertz CT molecular complexity index is 776. The highest BCUT2D eigenvalue weighted by atomic mass is 35.5. The van der Waals surface area contributed by atoms with Crippen LogP contribution in [0, 0.1) is 0 Å². The summed E-state index contributed by atoms with van der Waals surface area (Å²) in [7, 11) is 0. The van der Waals surface area contributed by atoms with Gasteiger partial charge in [0.15, 0.2) is 0 Å². The maximum absolute atomic E-state index is 6.35. The zero-order valence-electron chi connectivity index (χ0n) is 12.8. The van der Waals surface area contributed by atoms with Crippen LogP contribution in [-0.4, -0.2) is 11.1 Å². The zero-order valence-corrected chi connectivity index (χ0v) is 13.6. The third-order valence-corrected chi connectivity index (χ3v) is 4.65. The molecule has 114 valence electrons. The normalized spacial score (nSPS) is 12.7. The van der Waals surface area contributed by atoms with Crippen LogP contribution in [0.25, 0.3) is 10.9 Å². The first-order valence-corrected chi connectivity index (χ1v) is 8.13. The topological polar surface area (TPSA) is 30.9 Å². The molecule has 1 atom stereocenters. The number of hydrogen-bond acceptors (Lipinski definition) is 1. The molecule has 3 rings (SSSR count). The Morgan fingerprint density at radius 1 is 1.09 bits per heavy atom. The van der Waals surface area contributed by atoms with E-state index in [2.05, 4.69) is 48.0 Å². The van der Waals surface area contributed by atoms with Gasteiger partial charge in [-0.1, -0.05) is 48.0 Å². The van der Waals surface area contributed by atoms with Crippen molar-refractivity contribution in [2.75, 3.05) is 6.54 Å². The van der Waals surface area contributed by atoms with Crippen molar-refractivity contribution in [3.63, 3.8) is 0 Å². The Morgan fingerprint density at radius 3 is 2.55 bits per heavy atom. The average Bonchev–Trinajstić information content (AvgIpc) is 2.91. The summed E-state index contributed by atoms with van der Waals surface area (Å²) >= 11 is 6.35. The summed E-state index contributed by atoms with van der Waals surface area (Å²) in [4.78, 5) is 0. The second-order valence-electron chi connectivity index (χ2n) is 5.62. The second kappa shape index (κ2) is 6.55. The molecule has 0 spiro atoms. The Labute approximate surface area is 136 Å². The molecule has 0 amide bonds. The second-order valence-corrected chi connectivity index (χ2v) is 6.02. The lowest BCUT2D eigenvalue weighted by Crippen LogP contribution is -2.15. The third kappa shape index (κ3) is 2.77. The van der Waals surface area contributed by atoms with E-state index in [1.54, 1.807) is 0 Å². The molecule has 1 aromatic heterocycles. The Morgan fingerprint density at radius 2 is 1.82 bits per heavy atom. The van der Waals surface area contributed by atoms with Gasteiger partial charge in [0.05, 0.1) is 0 Å². The predicted octanol–water partition coefficient (Wildman–Crippen LogP) is 4.60. The predicted molar refractivity (Wildman–Crippen MR) is 94.6 cm³/mol. The van der Waals surface area contributed by atoms with Crippen LogP contribution in [-0.2, 0) is 13.0 Å². The maximum Gasteiger partial charge on any atom is 0.0483 e. The van der Waals surface area contributed by atoms with Crippen molar-refractivity contribution >= 4 is 22.5 Å². The third-order valence-electron chi connectivity index (χ3n) is 4.31.